The van der Waals surface area contributed by atoms with Crippen molar-refractivity contribution in [3.05, 3.63) is 32.0 Å². The van der Waals surface area contributed by atoms with Crippen LogP contribution in [-0.2, 0) is 7.05 Å². The van der Waals surface area contributed by atoms with Gasteiger partial charge in [0.25, 0.3) is 5.91 Å². The summed E-state index contributed by atoms with van der Waals surface area (Å²) in [5, 5.41) is 31.5. The number of anilines is 1. The smallest absolute Gasteiger partial charge is 0.357 e. The summed E-state index contributed by atoms with van der Waals surface area (Å²) in [6.45, 7) is 0. The van der Waals surface area contributed by atoms with Gasteiger partial charge in [-0.2, -0.15) is 10.4 Å². The van der Waals surface area contributed by atoms with Crippen molar-refractivity contribution in [2.24, 2.45) is 7.05 Å². The summed E-state index contributed by atoms with van der Waals surface area (Å²) in [6.07, 6.45) is 1.29. The topological polar surface area (TPSA) is 143 Å². The number of carbonyl (C=O) groups is 1. The fourth-order valence-electron chi connectivity index (χ4n) is 1.42. The molecule has 10 nitrogen and oxygen atoms in total. The normalized spacial score (nSPS) is 10.1. The predicted octanol–water partition coefficient (Wildman–Crippen LogP) is 0.938. The number of hydrogen-bond acceptors (Lipinski definition) is 6. The molecule has 0 saturated heterocycles. The van der Waals surface area contributed by atoms with E-state index >= 15 is 0 Å². The second kappa shape index (κ2) is 5.10. The molecule has 0 aliphatic carbocycles. The monoisotopic (exact) mass is 339 g/mol. The van der Waals surface area contributed by atoms with Crippen molar-refractivity contribution in [3.8, 4) is 6.07 Å². The molecule has 1 amide bonds. The highest BCUT2D eigenvalue weighted by Gasteiger charge is 2.25. The Morgan fingerprint density at radius 3 is 2.95 bits per heavy atom. The molecular weight excluding hydrogens is 334 g/mol. The molecule has 2 aromatic heterocycles. The lowest BCUT2D eigenvalue weighted by molar-refractivity contribution is -0.390. The van der Waals surface area contributed by atoms with Crippen LogP contribution in [0.4, 0.5) is 11.6 Å². The molecule has 0 aliphatic rings. The van der Waals surface area contributed by atoms with Crippen molar-refractivity contribution in [2.45, 2.75) is 0 Å². The largest absolute Gasteiger partial charge is 0.358 e. The molecule has 0 aliphatic heterocycles. The number of hydrogen-bond donors (Lipinski definition) is 2. The van der Waals surface area contributed by atoms with E-state index in [9.17, 15) is 14.9 Å². The van der Waals surface area contributed by atoms with Gasteiger partial charge in [0.15, 0.2) is 5.69 Å². The molecular formula is C9H6BrN7O3. The third kappa shape index (κ3) is 2.24. The van der Waals surface area contributed by atoms with E-state index in [1.807, 2.05) is 6.07 Å². The van der Waals surface area contributed by atoms with Gasteiger partial charge in [-0.25, -0.2) is 0 Å². The molecule has 20 heavy (non-hydrogen) atoms. The van der Waals surface area contributed by atoms with Crippen LogP contribution in [0.25, 0.3) is 0 Å². The van der Waals surface area contributed by atoms with Crippen LogP contribution >= 0.6 is 15.9 Å². The first-order valence-corrected chi connectivity index (χ1v) is 5.86. The van der Waals surface area contributed by atoms with Crippen LogP contribution in [0.3, 0.4) is 0 Å². The molecule has 2 heterocycles. The number of nitriles is 1. The second-order valence-electron chi connectivity index (χ2n) is 3.59. The number of nitrogens with one attached hydrogen (secondary N) is 2. The third-order valence-electron chi connectivity index (χ3n) is 2.38. The van der Waals surface area contributed by atoms with E-state index < -0.39 is 16.6 Å². The molecule has 0 bridgehead atoms. The van der Waals surface area contributed by atoms with Crippen molar-refractivity contribution in [2.75, 3.05) is 5.32 Å². The van der Waals surface area contributed by atoms with E-state index in [0.717, 1.165) is 0 Å². The standard InChI is InChI=1S/C9H6BrN7O3/c1-16-7(4(2-11)3-12-16)13-9(18)6-5(10)8(15-14-6)17(19)20/h3H,1H3,(H,13,18)(H,14,15). The number of aryl methyl sites for hydroxylation is 1. The van der Waals surface area contributed by atoms with Crippen LogP contribution in [0.5, 0.6) is 0 Å². The first kappa shape index (κ1) is 13.7. The number of nitrogens with zero attached hydrogens (tertiary/aromatic N) is 5. The summed E-state index contributed by atoms with van der Waals surface area (Å²) < 4.78 is 1.23. The van der Waals surface area contributed by atoms with Crippen LogP contribution in [0.1, 0.15) is 16.1 Å². The minimum Gasteiger partial charge on any atom is -0.358 e. The van der Waals surface area contributed by atoms with Gasteiger partial charge in [0.1, 0.15) is 21.9 Å². The number of carbonyl (C=O) groups excluding carboxylic acids is 1. The molecule has 0 atom stereocenters. The zero-order valence-corrected chi connectivity index (χ0v) is 11.5. The predicted molar refractivity (Wildman–Crippen MR) is 68.8 cm³/mol. The van der Waals surface area contributed by atoms with Gasteiger partial charge in [-0.3, -0.25) is 9.48 Å². The Morgan fingerprint density at radius 1 is 1.70 bits per heavy atom. The van der Waals surface area contributed by atoms with E-state index in [-0.39, 0.29) is 21.5 Å². The maximum absolute atomic E-state index is 12.0. The lowest BCUT2D eigenvalue weighted by Gasteiger charge is -2.03. The molecule has 0 aromatic carbocycles. The van der Waals surface area contributed by atoms with Crippen LogP contribution in [-0.4, -0.2) is 30.8 Å². The van der Waals surface area contributed by atoms with Crippen molar-refractivity contribution >= 4 is 33.5 Å². The summed E-state index contributed by atoms with van der Waals surface area (Å²) in [5.41, 5.74) is -0.0243. The Balaban J connectivity index is 2.32. The number of H-pyrrole nitrogens is 1. The van der Waals surface area contributed by atoms with E-state index in [4.69, 9.17) is 5.26 Å². The zero-order chi connectivity index (χ0) is 14.9. The Hall–Kier alpha value is -2.74. The average molecular weight is 340 g/mol. The lowest BCUT2D eigenvalue weighted by Crippen LogP contribution is -2.16. The highest BCUT2D eigenvalue weighted by atomic mass is 79.9. The minimum atomic E-state index is -0.710. The summed E-state index contributed by atoms with van der Waals surface area (Å²) >= 11 is 2.93. The average Bonchev–Trinajstić information content (AvgIpc) is 2.94. The number of aromatic amines is 1. The van der Waals surface area contributed by atoms with E-state index in [1.165, 1.54) is 10.9 Å². The third-order valence-corrected chi connectivity index (χ3v) is 3.13. The number of aromatic nitrogens is 4. The van der Waals surface area contributed by atoms with Gasteiger partial charge in [0, 0.05) is 7.05 Å². The number of nitro groups is 1. The Bertz CT molecular complexity index is 741. The Morgan fingerprint density at radius 2 is 2.40 bits per heavy atom. The van der Waals surface area contributed by atoms with Gasteiger partial charge < -0.3 is 15.4 Å². The van der Waals surface area contributed by atoms with Gasteiger partial charge in [-0.1, -0.05) is 5.10 Å². The number of amides is 1. The molecule has 2 N–H and O–H groups in total. The number of halogens is 1. The van der Waals surface area contributed by atoms with Gasteiger partial charge in [0.2, 0.25) is 0 Å². The van der Waals surface area contributed by atoms with Crippen LogP contribution in [0.2, 0.25) is 0 Å². The van der Waals surface area contributed by atoms with Crippen LogP contribution < -0.4 is 5.32 Å². The highest BCUT2D eigenvalue weighted by molar-refractivity contribution is 9.10. The second-order valence-corrected chi connectivity index (χ2v) is 4.38. The zero-order valence-electron chi connectivity index (χ0n) is 9.92. The molecule has 2 aromatic rings. The van der Waals surface area contributed by atoms with Crippen LogP contribution in [0.15, 0.2) is 10.7 Å². The molecule has 0 fully saturated rings. The molecule has 0 spiro atoms. The summed E-state index contributed by atoms with van der Waals surface area (Å²) in [4.78, 5) is 21.9. The fourth-order valence-corrected chi connectivity index (χ4v) is 1.93. The molecule has 0 saturated carbocycles. The quantitative estimate of drug-likeness (QED) is 0.629. The highest BCUT2D eigenvalue weighted by Crippen LogP contribution is 2.26. The van der Waals surface area contributed by atoms with Gasteiger partial charge in [-0.05, 0) is 20.9 Å². The van der Waals surface area contributed by atoms with E-state index in [0.29, 0.717) is 0 Å². The first-order chi connectivity index (χ1) is 9.45. The molecule has 0 radical (unpaired) electrons. The summed E-state index contributed by atoms with van der Waals surface area (Å²) in [6, 6.07) is 1.87. The molecule has 11 heteroatoms. The molecule has 2 rings (SSSR count). The van der Waals surface area contributed by atoms with Crippen molar-refractivity contribution < 1.29 is 9.72 Å². The summed E-state index contributed by atoms with van der Waals surface area (Å²) in [7, 11) is 1.54. The lowest BCUT2D eigenvalue weighted by atomic mass is 10.3. The van der Waals surface area contributed by atoms with Gasteiger partial charge in [0.05, 0.1) is 6.20 Å². The maximum atomic E-state index is 12.0. The Labute approximate surface area is 119 Å². The first-order valence-electron chi connectivity index (χ1n) is 5.07. The maximum Gasteiger partial charge on any atom is 0.357 e. The van der Waals surface area contributed by atoms with Crippen molar-refractivity contribution in [3.63, 3.8) is 0 Å². The van der Waals surface area contributed by atoms with Crippen LogP contribution in [0, 0.1) is 21.4 Å². The molecule has 0 unspecified atom stereocenters. The van der Waals surface area contributed by atoms with Gasteiger partial charge >= 0.3 is 5.82 Å². The Kier molecular flexibility index (Phi) is 3.49. The van der Waals surface area contributed by atoms with E-state index in [2.05, 4.69) is 36.5 Å². The van der Waals surface area contributed by atoms with E-state index in [1.54, 1.807) is 7.05 Å². The van der Waals surface area contributed by atoms with Crippen molar-refractivity contribution in [1.29, 1.82) is 5.26 Å². The number of rotatable bonds is 3. The molecule has 102 valence electrons. The minimum absolute atomic E-state index is 0.0688. The van der Waals surface area contributed by atoms with Crippen molar-refractivity contribution in [1.82, 2.24) is 20.0 Å². The fraction of sp³-hybridized carbons (Fsp3) is 0.111. The SMILES string of the molecule is Cn1ncc(C#N)c1NC(=O)c1n[nH]c([N+](=O)[O-])c1Br. The summed E-state index contributed by atoms with van der Waals surface area (Å²) in [5.74, 6) is -0.961. The van der Waals surface area contributed by atoms with Gasteiger partial charge in [-0.15, -0.1) is 5.10 Å².